The molecule has 0 saturated carbocycles. The Kier molecular flexibility index (Phi) is 1.55. The molecule has 5 heteroatoms. The van der Waals surface area contributed by atoms with Crippen molar-refractivity contribution in [2.75, 3.05) is 0 Å². The number of aldehydes is 1. The SMILES string of the molecule is O=Cc1cncn1C1OC=CO1. The summed E-state index contributed by atoms with van der Waals surface area (Å²) in [5.41, 5.74) is 0.420. The fourth-order valence-corrected chi connectivity index (χ4v) is 0.944. The van der Waals surface area contributed by atoms with Crippen LogP contribution in [0.2, 0.25) is 0 Å². The Hall–Kier alpha value is -1.78. The predicted octanol–water partition coefficient (Wildman–Crippen LogP) is 0.670. The van der Waals surface area contributed by atoms with E-state index in [-0.39, 0.29) is 0 Å². The summed E-state index contributed by atoms with van der Waals surface area (Å²) in [6.07, 6.45) is 5.85. The predicted molar refractivity (Wildman–Crippen MR) is 38.0 cm³/mol. The van der Waals surface area contributed by atoms with E-state index in [0.717, 1.165) is 0 Å². The van der Waals surface area contributed by atoms with Crippen molar-refractivity contribution in [1.82, 2.24) is 9.55 Å². The van der Waals surface area contributed by atoms with Crippen molar-refractivity contribution in [2.24, 2.45) is 0 Å². The largest absolute Gasteiger partial charge is 0.442 e. The van der Waals surface area contributed by atoms with Gasteiger partial charge in [0.1, 0.15) is 24.5 Å². The first-order chi connectivity index (χ1) is 5.92. The van der Waals surface area contributed by atoms with Crippen LogP contribution in [0, 0.1) is 0 Å². The highest BCUT2D eigenvalue weighted by Gasteiger charge is 2.16. The molecule has 0 radical (unpaired) electrons. The molecular formula is C7H6N2O3. The van der Waals surface area contributed by atoms with Crippen LogP contribution in [0.5, 0.6) is 0 Å². The highest BCUT2D eigenvalue weighted by molar-refractivity contribution is 5.71. The van der Waals surface area contributed by atoms with Crippen LogP contribution in [0.4, 0.5) is 0 Å². The molecule has 0 N–H and O–H groups in total. The monoisotopic (exact) mass is 166 g/mol. The van der Waals surface area contributed by atoms with E-state index in [1.54, 1.807) is 0 Å². The first-order valence-electron chi connectivity index (χ1n) is 3.35. The van der Waals surface area contributed by atoms with Gasteiger partial charge in [0.25, 0.3) is 0 Å². The summed E-state index contributed by atoms with van der Waals surface area (Å²) in [6, 6.07) is 0. The molecule has 0 unspecified atom stereocenters. The smallest absolute Gasteiger partial charge is 0.331 e. The van der Waals surface area contributed by atoms with Crippen LogP contribution in [0.1, 0.15) is 16.9 Å². The van der Waals surface area contributed by atoms with Crippen LogP contribution in [-0.4, -0.2) is 15.8 Å². The van der Waals surface area contributed by atoms with E-state index < -0.39 is 6.41 Å². The quantitative estimate of drug-likeness (QED) is 0.606. The molecule has 2 heterocycles. The van der Waals surface area contributed by atoms with Crippen molar-refractivity contribution >= 4 is 6.29 Å². The lowest BCUT2D eigenvalue weighted by Gasteiger charge is -2.11. The van der Waals surface area contributed by atoms with Crippen LogP contribution in [0.3, 0.4) is 0 Å². The molecule has 0 bridgehead atoms. The third kappa shape index (κ3) is 0.952. The second-order valence-corrected chi connectivity index (χ2v) is 2.20. The Labute approximate surface area is 68.2 Å². The van der Waals surface area contributed by atoms with Crippen LogP contribution >= 0.6 is 0 Å². The van der Waals surface area contributed by atoms with Gasteiger partial charge in [-0.3, -0.25) is 9.36 Å². The van der Waals surface area contributed by atoms with Gasteiger partial charge in [-0.25, -0.2) is 4.98 Å². The van der Waals surface area contributed by atoms with Gasteiger partial charge in [-0.15, -0.1) is 0 Å². The Balaban J connectivity index is 2.26. The maximum absolute atomic E-state index is 10.5. The lowest BCUT2D eigenvalue weighted by molar-refractivity contribution is -0.0843. The zero-order chi connectivity index (χ0) is 8.39. The number of carbonyl (C=O) groups is 1. The number of imidazole rings is 1. The van der Waals surface area contributed by atoms with Gasteiger partial charge in [-0.05, 0) is 0 Å². The molecule has 2 rings (SSSR count). The van der Waals surface area contributed by atoms with Gasteiger partial charge in [-0.1, -0.05) is 0 Å². The third-order valence-electron chi connectivity index (χ3n) is 1.49. The summed E-state index contributed by atoms with van der Waals surface area (Å²) >= 11 is 0. The molecular weight excluding hydrogens is 160 g/mol. The topological polar surface area (TPSA) is 53.4 Å². The fraction of sp³-hybridized carbons (Fsp3) is 0.143. The lowest BCUT2D eigenvalue weighted by atomic mass is 10.5. The summed E-state index contributed by atoms with van der Waals surface area (Å²) < 4.78 is 11.5. The van der Waals surface area contributed by atoms with E-state index in [9.17, 15) is 4.79 Å². The minimum Gasteiger partial charge on any atom is -0.442 e. The maximum atomic E-state index is 10.5. The van der Waals surface area contributed by atoms with E-state index in [2.05, 4.69) is 4.98 Å². The van der Waals surface area contributed by atoms with Gasteiger partial charge < -0.3 is 9.47 Å². The molecule has 0 atom stereocenters. The second-order valence-electron chi connectivity index (χ2n) is 2.20. The third-order valence-corrected chi connectivity index (χ3v) is 1.49. The first kappa shape index (κ1) is 6.90. The molecule has 0 fully saturated rings. The number of hydrogen-bond donors (Lipinski definition) is 0. The summed E-state index contributed by atoms with van der Waals surface area (Å²) in [5, 5.41) is 0. The van der Waals surface area contributed by atoms with Gasteiger partial charge in [0.15, 0.2) is 6.29 Å². The van der Waals surface area contributed by atoms with Gasteiger partial charge >= 0.3 is 6.41 Å². The van der Waals surface area contributed by atoms with E-state index in [1.165, 1.54) is 29.6 Å². The molecule has 0 aromatic carbocycles. The zero-order valence-corrected chi connectivity index (χ0v) is 6.08. The average Bonchev–Trinajstić information content (AvgIpc) is 2.74. The lowest BCUT2D eigenvalue weighted by Crippen LogP contribution is -2.10. The molecule has 12 heavy (non-hydrogen) atoms. The molecule has 1 aliphatic rings. The standard InChI is InChI=1S/C7H6N2O3/c10-4-6-3-8-5-9(6)7-11-1-2-12-7/h1-5,7H. The molecule has 0 saturated heterocycles. The Morgan fingerprint density at radius 2 is 2.25 bits per heavy atom. The number of ether oxygens (including phenoxy) is 2. The minimum absolute atomic E-state index is 0.420. The summed E-state index contributed by atoms with van der Waals surface area (Å²) in [7, 11) is 0. The summed E-state index contributed by atoms with van der Waals surface area (Å²) in [4.78, 5) is 14.2. The molecule has 0 amide bonds. The number of hydrogen-bond acceptors (Lipinski definition) is 4. The second kappa shape index (κ2) is 2.69. The number of aromatic nitrogens is 2. The van der Waals surface area contributed by atoms with Gasteiger partial charge in [0.2, 0.25) is 0 Å². The van der Waals surface area contributed by atoms with Crippen molar-refractivity contribution in [1.29, 1.82) is 0 Å². The highest BCUT2D eigenvalue weighted by atomic mass is 16.7. The zero-order valence-electron chi connectivity index (χ0n) is 6.08. The highest BCUT2D eigenvalue weighted by Crippen LogP contribution is 2.17. The molecule has 0 spiro atoms. The van der Waals surface area contributed by atoms with Gasteiger partial charge in [0.05, 0.1) is 6.20 Å². The average molecular weight is 166 g/mol. The Morgan fingerprint density at radius 1 is 1.50 bits per heavy atom. The van der Waals surface area contributed by atoms with Crippen molar-refractivity contribution in [3.8, 4) is 0 Å². The molecule has 1 aliphatic heterocycles. The van der Waals surface area contributed by atoms with E-state index >= 15 is 0 Å². The summed E-state index contributed by atoms with van der Waals surface area (Å²) in [5.74, 6) is 0. The van der Waals surface area contributed by atoms with Crippen LogP contribution in [0.15, 0.2) is 25.0 Å². The van der Waals surface area contributed by atoms with Gasteiger partial charge in [0, 0.05) is 0 Å². The number of nitrogens with zero attached hydrogens (tertiary/aromatic N) is 2. The summed E-state index contributed by atoms with van der Waals surface area (Å²) in [6.45, 7) is 0. The Morgan fingerprint density at radius 3 is 2.92 bits per heavy atom. The minimum atomic E-state index is -0.590. The van der Waals surface area contributed by atoms with Crippen molar-refractivity contribution in [2.45, 2.75) is 6.41 Å². The van der Waals surface area contributed by atoms with Crippen LogP contribution in [0.25, 0.3) is 0 Å². The normalized spacial score (nSPS) is 15.7. The molecule has 1 aromatic heterocycles. The van der Waals surface area contributed by atoms with E-state index in [1.807, 2.05) is 0 Å². The van der Waals surface area contributed by atoms with Crippen molar-refractivity contribution < 1.29 is 14.3 Å². The molecule has 0 aliphatic carbocycles. The molecule has 62 valence electrons. The van der Waals surface area contributed by atoms with Gasteiger partial charge in [-0.2, -0.15) is 0 Å². The number of carbonyl (C=O) groups excluding carboxylic acids is 1. The Bertz CT molecular complexity index is 310. The van der Waals surface area contributed by atoms with Crippen molar-refractivity contribution in [3.63, 3.8) is 0 Å². The first-order valence-corrected chi connectivity index (χ1v) is 3.35. The maximum Gasteiger partial charge on any atom is 0.331 e. The molecule has 1 aromatic rings. The van der Waals surface area contributed by atoms with Crippen molar-refractivity contribution in [3.05, 3.63) is 30.7 Å². The number of rotatable bonds is 2. The van der Waals surface area contributed by atoms with E-state index in [0.29, 0.717) is 12.0 Å². The van der Waals surface area contributed by atoms with E-state index in [4.69, 9.17) is 9.47 Å². The fourth-order valence-electron chi connectivity index (χ4n) is 0.944. The molecule has 5 nitrogen and oxygen atoms in total. The van der Waals surface area contributed by atoms with Crippen LogP contribution < -0.4 is 0 Å². The van der Waals surface area contributed by atoms with Crippen LogP contribution in [-0.2, 0) is 9.47 Å².